The van der Waals surface area contributed by atoms with Crippen LogP contribution in [-0.2, 0) is 19.1 Å². The van der Waals surface area contributed by atoms with Crippen molar-refractivity contribution < 1.29 is 28.2 Å². The highest BCUT2D eigenvalue weighted by atomic mass is 19.1. The third kappa shape index (κ3) is 4.59. The van der Waals surface area contributed by atoms with Crippen LogP contribution in [0, 0.1) is 5.82 Å². The summed E-state index contributed by atoms with van der Waals surface area (Å²) in [4.78, 5) is 47.7. The topological polar surface area (TPSA) is 136 Å². The van der Waals surface area contributed by atoms with Crippen LogP contribution < -0.4 is 0 Å². The fraction of sp³-hybridized carbons (Fsp3) is 0.400. The van der Waals surface area contributed by atoms with Crippen molar-refractivity contribution in [1.82, 2.24) is 34.8 Å². The summed E-state index contributed by atoms with van der Waals surface area (Å²) in [5.74, 6) is -2.31. The molecule has 33 heavy (non-hydrogen) atoms. The van der Waals surface area contributed by atoms with Gasteiger partial charge in [0, 0.05) is 39.5 Å². The van der Waals surface area contributed by atoms with E-state index in [9.17, 15) is 18.8 Å². The third-order valence-electron chi connectivity index (χ3n) is 5.30. The van der Waals surface area contributed by atoms with Crippen molar-refractivity contribution in [3.8, 4) is 5.82 Å². The molecule has 1 N–H and O–H groups in total. The van der Waals surface area contributed by atoms with Gasteiger partial charge in [0.2, 0.25) is 5.91 Å². The number of nitrogens with one attached hydrogen (secondary N) is 1. The first-order valence-electron chi connectivity index (χ1n) is 10.2. The van der Waals surface area contributed by atoms with Gasteiger partial charge in [-0.3, -0.25) is 14.4 Å². The van der Waals surface area contributed by atoms with Gasteiger partial charge in [-0.1, -0.05) is 5.21 Å². The Morgan fingerprint density at radius 2 is 1.91 bits per heavy atom. The Labute approximate surface area is 187 Å². The van der Waals surface area contributed by atoms with Gasteiger partial charge in [0.1, 0.15) is 6.61 Å². The molecule has 1 saturated heterocycles. The molecule has 1 fully saturated rings. The number of carbonyl (C=O) groups excluding carboxylic acids is 3. The maximum Gasteiger partial charge on any atom is 0.295 e. The standard InChI is InChI=1S/C20H22FN7O5/c1-32-8-9-33-12-15(29)26-4-6-27(7-5-26)20(31)18(30)13-10-22-17-16(13)14(21)11-23-19(17)28-3-2-24-25-28/h2-3,10-11,22H,4-9,12H2,1H3. The minimum atomic E-state index is -0.849. The molecule has 0 spiro atoms. The van der Waals surface area contributed by atoms with Crippen LogP contribution in [0.5, 0.6) is 0 Å². The number of piperazine rings is 1. The number of Topliss-reactive ketones (excluding diaryl/α,β-unsaturated/α-hetero) is 1. The summed E-state index contributed by atoms with van der Waals surface area (Å²) in [6.07, 6.45) is 5.21. The lowest BCUT2D eigenvalue weighted by Crippen LogP contribution is -2.52. The monoisotopic (exact) mass is 459 g/mol. The number of rotatable bonds is 8. The molecule has 0 aliphatic carbocycles. The second-order valence-electron chi connectivity index (χ2n) is 7.28. The number of ketones is 1. The van der Waals surface area contributed by atoms with Crippen LogP contribution in [0.1, 0.15) is 10.4 Å². The molecular weight excluding hydrogens is 437 g/mol. The molecule has 0 saturated carbocycles. The van der Waals surface area contributed by atoms with Gasteiger partial charge in [-0.15, -0.1) is 5.10 Å². The van der Waals surface area contributed by atoms with Crippen molar-refractivity contribution in [1.29, 1.82) is 0 Å². The summed E-state index contributed by atoms with van der Waals surface area (Å²) < 4.78 is 26.0. The number of ether oxygens (including phenoxy) is 2. The van der Waals surface area contributed by atoms with Gasteiger partial charge in [-0.25, -0.2) is 14.1 Å². The van der Waals surface area contributed by atoms with E-state index in [4.69, 9.17) is 9.47 Å². The number of hydrogen-bond acceptors (Lipinski definition) is 8. The molecule has 2 amide bonds. The highest BCUT2D eigenvalue weighted by Crippen LogP contribution is 2.26. The van der Waals surface area contributed by atoms with Crippen LogP contribution in [0.15, 0.2) is 24.8 Å². The molecule has 4 heterocycles. The van der Waals surface area contributed by atoms with Gasteiger partial charge < -0.3 is 24.3 Å². The van der Waals surface area contributed by atoms with E-state index in [2.05, 4.69) is 20.3 Å². The first kappa shape index (κ1) is 22.5. The second kappa shape index (κ2) is 9.83. The zero-order valence-corrected chi connectivity index (χ0v) is 17.9. The number of hydrogen-bond donors (Lipinski definition) is 1. The number of fused-ring (bicyclic) bond motifs is 1. The third-order valence-corrected chi connectivity index (χ3v) is 5.30. The van der Waals surface area contributed by atoms with E-state index in [1.807, 2.05) is 0 Å². The minimum absolute atomic E-state index is 0.0455. The van der Waals surface area contributed by atoms with E-state index in [-0.39, 0.29) is 61.0 Å². The minimum Gasteiger partial charge on any atom is -0.382 e. The average Bonchev–Trinajstić information content (AvgIpc) is 3.52. The number of nitrogens with zero attached hydrogens (tertiary/aromatic N) is 6. The molecule has 1 aliphatic heterocycles. The van der Waals surface area contributed by atoms with Gasteiger partial charge >= 0.3 is 0 Å². The van der Waals surface area contributed by atoms with Crippen molar-refractivity contribution in [3.05, 3.63) is 36.2 Å². The Morgan fingerprint density at radius 1 is 1.15 bits per heavy atom. The van der Waals surface area contributed by atoms with E-state index in [0.717, 1.165) is 6.20 Å². The van der Waals surface area contributed by atoms with Gasteiger partial charge in [0.25, 0.3) is 11.7 Å². The normalized spacial score (nSPS) is 14.1. The Bertz CT molecular complexity index is 1160. The Morgan fingerprint density at radius 3 is 2.61 bits per heavy atom. The summed E-state index contributed by atoms with van der Waals surface area (Å²) in [7, 11) is 1.54. The first-order valence-corrected chi connectivity index (χ1v) is 10.2. The van der Waals surface area contributed by atoms with Crippen LogP contribution in [-0.4, -0.2) is 105 Å². The van der Waals surface area contributed by atoms with Crippen molar-refractivity contribution in [2.75, 3.05) is 53.1 Å². The molecule has 0 bridgehead atoms. The highest BCUT2D eigenvalue weighted by molar-refractivity contribution is 6.45. The molecular formula is C20H22FN7O5. The molecule has 174 valence electrons. The summed E-state index contributed by atoms with van der Waals surface area (Å²) in [6, 6.07) is 0. The van der Waals surface area contributed by atoms with Gasteiger partial charge in [0.15, 0.2) is 11.6 Å². The number of aromatic amines is 1. The van der Waals surface area contributed by atoms with E-state index in [0.29, 0.717) is 13.2 Å². The zero-order chi connectivity index (χ0) is 23.4. The molecule has 13 heteroatoms. The van der Waals surface area contributed by atoms with Crippen LogP contribution in [0.4, 0.5) is 4.39 Å². The number of H-pyrrole nitrogens is 1. The Kier molecular flexibility index (Phi) is 6.70. The smallest absolute Gasteiger partial charge is 0.295 e. The van der Waals surface area contributed by atoms with Crippen LogP contribution in [0.25, 0.3) is 16.7 Å². The lowest BCUT2D eigenvalue weighted by Gasteiger charge is -2.34. The predicted octanol–water partition coefficient (Wildman–Crippen LogP) is -0.201. The van der Waals surface area contributed by atoms with Crippen molar-refractivity contribution >= 4 is 28.5 Å². The Balaban J connectivity index is 1.44. The average molecular weight is 459 g/mol. The first-order chi connectivity index (χ1) is 16.0. The summed E-state index contributed by atoms with van der Waals surface area (Å²) in [5, 5.41) is 7.49. The second-order valence-corrected chi connectivity index (χ2v) is 7.28. The zero-order valence-electron chi connectivity index (χ0n) is 17.9. The molecule has 0 atom stereocenters. The van der Waals surface area contributed by atoms with Gasteiger partial charge in [-0.2, -0.15) is 0 Å². The number of halogens is 1. The number of aromatic nitrogens is 5. The summed E-state index contributed by atoms with van der Waals surface area (Å²) in [5.41, 5.74) is 0.127. The number of carbonyl (C=O) groups is 3. The highest BCUT2D eigenvalue weighted by Gasteiger charge is 2.31. The van der Waals surface area contributed by atoms with E-state index >= 15 is 0 Å². The van der Waals surface area contributed by atoms with Crippen LogP contribution >= 0.6 is 0 Å². The quantitative estimate of drug-likeness (QED) is 0.278. The fourth-order valence-corrected chi connectivity index (χ4v) is 3.58. The Hall–Kier alpha value is -3.71. The number of amides is 2. The maximum atomic E-state index is 14.6. The van der Waals surface area contributed by atoms with Gasteiger partial charge in [-0.05, 0) is 0 Å². The summed E-state index contributed by atoms with van der Waals surface area (Å²) in [6.45, 7) is 1.54. The molecule has 0 radical (unpaired) electrons. The fourth-order valence-electron chi connectivity index (χ4n) is 3.58. The SMILES string of the molecule is COCCOCC(=O)N1CCN(C(=O)C(=O)c2c[nH]c3c(-n4ccnn4)ncc(F)c23)CC1. The molecule has 0 aromatic carbocycles. The predicted molar refractivity (Wildman–Crippen MR) is 111 cm³/mol. The van der Waals surface area contributed by atoms with Crippen molar-refractivity contribution in [2.45, 2.75) is 0 Å². The lowest BCUT2D eigenvalue weighted by molar-refractivity contribution is -0.141. The molecule has 4 rings (SSSR count). The largest absolute Gasteiger partial charge is 0.382 e. The van der Waals surface area contributed by atoms with E-state index in [1.54, 1.807) is 12.0 Å². The number of pyridine rings is 1. The van der Waals surface area contributed by atoms with E-state index < -0.39 is 17.5 Å². The van der Waals surface area contributed by atoms with Crippen LogP contribution in [0.3, 0.4) is 0 Å². The van der Waals surface area contributed by atoms with E-state index in [1.165, 1.54) is 28.2 Å². The summed E-state index contributed by atoms with van der Waals surface area (Å²) >= 11 is 0. The number of methoxy groups -OCH3 is 1. The van der Waals surface area contributed by atoms with Crippen molar-refractivity contribution in [2.24, 2.45) is 0 Å². The molecule has 3 aromatic rings. The molecule has 1 aliphatic rings. The molecule has 0 unspecified atom stereocenters. The van der Waals surface area contributed by atoms with Gasteiger partial charge in [0.05, 0.1) is 48.3 Å². The maximum absolute atomic E-state index is 14.6. The van der Waals surface area contributed by atoms with Crippen LogP contribution in [0.2, 0.25) is 0 Å². The molecule has 12 nitrogen and oxygen atoms in total. The molecule has 3 aromatic heterocycles. The lowest BCUT2D eigenvalue weighted by atomic mass is 10.1. The van der Waals surface area contributed by atoms with Crippen molar-refractivity contribution in [3.63, 3.8) is 0 Å².